The number of benzene rings is 1. The molecular formula is C16H23ClN2O4S. The molecule has 0 saturated carbocycles. The lowest BCUT2D eigenvalue weighted by Crippen LogP contribution is -2.50. The summed E-state index contributed by atoms with van der Waals surface area (Å²) in [5, 5.41) is 0.281. The van der Waals surface area contributed by atoms with Crippen LogP contribution < -0.4 is 9.46 Å². The first-order valence-electron chi connectivity index (χ1n) is 7.91. The van der Waals surface area contributed by atoms with Gasteiger partial charge in [-0.25, -0.2) is 8.42 Å². The molecule has 1 fully saturated rings. The van der Waals surface area contributed by atoms with Crippen LogP contribution in [0.5, 0.6) is 5.75 Å². The molecule has 134 valence electrons. The van der Waals surface area contributed by atoms with Gasteiger partial charge in [-0.3, -0.25) is 4.79 Å². The Bertz CT molecular complexity index is 700. The molecule has 0 aromatic heterocycles. The minimum absolute atomic E-state index is 0.0719. The highest BCUT2D eigenvalue weighted by Crippen LogP contribution is 2.27. The summed E-state index contributed by atoms with van der Waals surface area (Å²) < 4.78 is 33.2. The zero-order chi connectivity index (χ0) is 17.9. The van der Waals surface area contributed by atoms with E-state index in [2.05, 4.69) is 4.72 Å². The molecule has 1 heterocycles. The number of ether oxygens (including phenoxy) is 1. The monoisotopic (exact) mass is 374 g/mol. The first-order valence-corrected chi connectivity index (χ1v) is 9.77. The van der Waals surface area contributed by atoms with Gasteiger partial charge in [-0.05, 0) is 37.0 Å². The summed E-state index contributed by atoms with van der Waals surface area (Å²) in [5.41, 5.74) is 0. The molecule has 1 atom stereocenters. The normalized spacial score (nSPS) is 16.5. The molecule has 1 aliphatic heterocycles. The first kappa shape index (κ1) is 19.0. The largest absolute Gasteiger partial charge is 0.495 e. The smallest absolute Gasteiger partial charge is 0.245 e. The standard InChI is InChI=1S/C16H23ClN2O4S/c1-11(2)15(16(20)19-8-4-5-9-19)18-24(21,22)14-10-12(17)6-7-13(14)23-3/h6-7,10-11,15,18H,4-5,8-9H2,1-3H3/t15-/m1/s1. The van der Waals surface area contributed by atoms with Crippen molar-refractivity contribution in [1.82, 2.24) is 9.62 Å². The number of carbonyl (C=O) groups excluding carboxylic acids is 1. The predicted octanol–water partition coefficient (Wildman–Crippen LogP) is 2.27. The number of hydrogen-bond acceptors (Lipinski definition) is 4. The van der Waals surface area contributed by atoms with E-state index in [1.165, 1.54) is 19.2 Å². The third-order valence-electron chi connectivity index (χ3n) is 4.05. The molecule has 1 aromatic rings. The molecule has 2 rings (SSSR count). The molecule has 1 saturated heterocycles. The molecule has 0 spiro atoms. The van der Waals surface area contributed by atoms with E-state index in [-0.39, 0.29) is 27.5 Å². The van der Waals surface area contributed by atoms with Gasteiger partial charge in [0.2, 0.25) is 15.9 Å². The molecule has 0 radical (unpaired) electrons. The van der Waals surface area contributed by atoms with E-state index < -0.39 is 16.1 Å². The van der Waals surface area contributed by atoms with Crippen LogP contribution in [0, 0.1) is 5.92 Å². The van der Waals surface area contributed by atoms with Crippen LogP contribution in [0.1, 0.15) is 26.7 Å². The van der Waals surface area contributed by atoms with Crippen molar-refractivity contribution in [2.75, 3.05) is 20.2 Å². The molecule has 1 N–H and O–H groups in total. The molecule has 1 amide bonds. The van der Waals surface area contributed by atoms with Gasteiger partial charge in [-0.2, -0.15) is 4.72 Å². The van der Waals surface area contributed by atoms with Gasteiger partial charge in [0.1, 0.15) is 16.7 Å². The van der Waals surface area contributed by atoms with Crippen LogP contribution in [0.2, 0.25) is 5.02 Å². The van der Waals surface area contributed by atoms with Crippen molar-refractivity contribution >= 4 is 27.5 Å². The minimum Gasteiger partial charge on any atom is -0.495 e. The second-order valence-electron chi connectivity index (χ2n) is 6.17. The molecule has 8 heteroatoms. The number of nitrogens with zero attached hydrogens (tertiary/aromatic N) is 1. The van der Waals surface area contributed by atoms with Crippen molar-refractivity contribution in [3.63, 3.8) is 0 Å². The van der Waals surface area contributed by atoms with Gasteiger partial charge in [-0.1, -0.05) is 25.4 Å². The summed E-state index contributed by atoms with van der Waals surface area (Å²) >= 11 is 5.92. The number of methoxy groups -OCH3 is 1. The highest BCUT2D eigenvalue weighted by atomic mass is 35.5. The SMILES string of the molecule is COc1ccc(Cl)cc1S(=O)(=O)N[C@@H](C(=O)N1CCCC1)C(C)C. The van der Waals surface area contributed by atoms with Gasteiger partial charge in [0.15, 0.2) is 0 Å². The molecule has 1 aromatic carbocycles. The number of halogens is 1. The van der Waals surface area contributed by atoms with Crippen molar-refractivity contribution in [1.29, 1.82) is 0 Å². The summed E-state index contributed by atoms with van der Waals surface area (Å²) in [4.78, 5) is 14.3. The van der Waals surface area contributed by atoms with Gasteiger partial charge in [-0.15, -0.1) is 0 Å². The van der Waals surface area contributed by atoms with Crippen molar-refractivity contribution in [3.8, 4) is 5.75 Å². The summed E-state index contributed by atoms with van der Waals surface area (Å²) in [5.74, 6) is -0.187. The summed E-state index contributed by atoms with van der Waals surface area (Å²) in [6, 6.07) is 3.54. The van der Waals surface area contributed by atoms with Crippen molar-refractivity contribution in [3.05, 3.63) is 23.2 Å². The van der Waals surface area contributed by atoms with Crippen molar-refractivity contribution < 1.29 is 17.9 Å². The van der Waals surface area contributed by atoms with E-state index in [0.29, 0.717) is 13.1 Å². The lowest BCUT2D eigenvalue weighted by molar-refractivity contribution is -0.132. The third kappa shape index (κ3) is 4.20. The Hall–Kier alpha value is -1.31. The van der Waals surface area contributed by atoms with Crippen LogP contribution in [0.25, 0.3) is 0 Å². The third-order valence-corrected chi connectivity index (χ3v) is 5.75. The van der Waals surface area contributed by atoms with E-state index in [9.17, 15) is 13.2 Å². The van der Waals surface area contributed by atoms with Crippen molar-refractivity contribution in [2.24, 2.45) is 5.92 Å². The van der Waals surface area contributed by atoms with E-state index in [1.807, 2.05) is 13.8 Å². The van der Waals surface area contributed by atoms with Crippen LogP contribution in [0.3, 0.4) is 0 Å². The molecule has 0 unspecified atom stereocenters. The average molecular weight is 375 g/mol. The predicted molar refractivity (Wildman–Crippen MR) is 92.8 cm³/mol. The lowest BCUT2D eigenvalue weighted by Gasteiger charge is -2.26. The Morgan fingerprint density at radius 1 is 1.29 bits per heavy atom. The lowest BCUT2D eigenvalue weighted by atomic mass is 10.0. The number of sulfonamides is 1. The van der Waals surface area contributed by atoms with Gasteiger partial charge in [0, 0.05) is 18.1 Å². The molecule has 0 aliphatic carbocycles. The quantitative estimate of drug-likeness (QED) is 0.828. The molecule has 24 heavy (non-hydrogen) atoms. The molecule has 1 aliphatic rings. The highest BCUT2D eigenvalue weighted by molar-refractivity contribution is 7.89. The molecular weight excluding hydrogens is 352 g/mol. The fraction of sp³-hybridized carbons (Fsp3) is 0.562. The first-order chi connectivity index (χ1) is 11.3. The number of hydrogen-bond donors (Lipinski definition) is 1. The highest BCUT2D eigenvalue weighted by Gasteiger charge is 2.33. The van der Waals surface area contributed by atoms with E-state index in [1.54, 1.807) is 11.0 Å². The fourth-order valence-electron chi connectivity index (χ4n) is 2.70. The maximum absolute atomic E-state index is 12.8. The average Bonchev–Trinajstić information content (AvgIpc) is 3.06. The second kappa shape index (κ2) is 7.72. The van der Waals surface area contributed by atoms with Crippen LogP contribution in [0.4, 0.5) is 0 Å². The summed E-state index contributed by atoms with van der Waals surface area (Å²) in [6.07, 6.45) is 1.90. The number of likely N-dealkylation sites (tertiary alicyclic amines) is 1. The van der Waals surface area contributed by atoms with Gasteiger partial charge >= 0.3 is 0 Å². The molecule has 6 nitrogen and oxygen atoms in total. The number of amides is 1. The second-order valence-corrected chi connectivity index (χ2v) is 8.29. The summed E-state index contributed by atoms with van der Waals surface area (Å²) in [7, 11) is -2.56. The molecule has 0 bridgehead atoms. The number of carbonyl (C=O) groups is 1. The Morgan fingerprint density at radius 3 is 2.46 bits per heavy atom. The minimum atomic E-state index is -3.95. The van der Waals surface area contributed by atoms with E-state index in [4.69, 9.17) is 16.3 Å². The van der Waals surface area contributed by atoms with E-state index in [0.717, 1.165) is 12.8 Å². The van der Waals surface area contributed by atoms with Crippen LogP contribution >= 0.6 is 11.6 Å². The van der Waals surface area contributed by atoms with Crippen LogP contribution in [0.15, 0.2) is 23.1 Å². The Balaban J connectivity index is 2.31. The maximum atomic E-state index is 12.8. The van der Waals surface area contributed by atoms with Gasteiger partial charge in [0.05, 0.1) is 7.11 Å². The summed E-state index contributed by atoms with van der Waals surface area (Å²) in [6.45, 7) is 4.97. The van der Waals surface area contributed by atoms with Crippen LogP contribution in [-0.2, 0) is 14.8 Å². The Kier molecular flexibility index (Phi) is 6.11. The Morgan fingerprint density at radius 2 is 1.92 bits per heavy atom. The Labute approximate surface area is 148 Å². The zero-order valence-electron chi connectivity index (χ0n) is 14.1. The van der Waals surface area contributed by atoms with Crippen molar-refractivity contribution in [2.45, 2.75) is 37.6 Å². The zero-order valence-corrected chi connectivity index (χ0v) is 15.7. The van der Waals surface area contributed by atoms with Gasteiger partial charge in [0.25, 0.3) is 0 Å². The van der Waals surface area contributed by atoms with Crippen LogP contribution in [-0.4, -0.2) is 45.5 Å². The number of rotatable bonds is 6. The van der Waals surface area contributed by atoms with E-state index >= 15 is 0 Å². The fourth-order valence-corrected chi connectivity index (χ4v) is 4.47. The number of nitrogens with one attached hydrogen (secondary N) is 1. The van der Waals surface area contributed by atoms with Gasteiger partial charge < -0.3 is 9.64 Å². The topological polar surface area (TPSA) is 75.7 Å². The maximum Gasteiger partial charge on any atom is 0.245 e.